The molecule has 0 saturated carbocycles. The number of benzene rings is 1. The molecule has 2 heterocycles. The molecule has 0 radical (unpaired) electrons. The minimum atomic E-state index is -0.336. The van der Waals surface area contributed by atoms with Crippen LogP contribution in [-0.4, -0.2) is 21.9 Å². The normalized spacial score (nSPS) is 15.5. The first-order valence-corrected chi connectivity index (χ1v) is 8.87. The second kappa shape index (κ2) is 7.98. The van der Waals surface area contributed by atoms with Crippen LogP contribution in [0.2, 0.25) is 0 Å². The fourth-order valence-corrected chi connectivity index (χ4v) is 2.88. The molecule has 1 fully saturated rings. The summed E-state index contributed by atoms with van der Waals surface area (Å²) in [7, 11) is 0. The Morgan fingerprint density at radius 3 is 2.56 bits per heavy atom. The van der Waals surface area contributed by atoms with E-state index in [2.05, 4.69) is 23.3 Å². The van der Waals surface area contributed by atoms with Crippen molar-refractivity contribution in [3.05, 3.63) is 65.1 Å². The summed E-state index contributed by atoms with van der Waals surface area (Å²) in [6.45, 7) is 2.65. The predicted molar refractivity (Wildman–Crippen MR) is 98.4 cm³/mol. The molecule has 0 bridgehead atoms. The van der Waals surface area contributed by atoms with Crippen LogP contribution in [0, 0.1) is 0 Å². The molecule has 0 spiro atoms. The molecule has 0 atom stereocenters. The Bertz CT molecular complexity index is 798. The van der Waals surface area contributed by atoms with E-state index in [1.54, 1.807) is 6.08 Å². The van der Waals surface area contributed by atoms with E-state index in [0.29, 0.717) is 24.1 Å². The predicted octanol–water partition coefficient (Wildman–Crippen LogP) is 3.59. The summed E-state index contributed by atoms with van der Waals surface area (Å²) in [5, 5.41) is 1.93. The molecule has 25 heavy (non-hydrogen) atoms. The SMILES string of the molecule is CCc1ccc(CCOc2ccc(C=C3NC(=O)SC3=O)cc2)nc1. The van der Waals surface area contributed by atoms with Gasteiger partial charge in [-0.05, 0) is 41.8 Å². The van der Waals surface area contributed by atoms with Crippen molar-refractivity contribution in [1.82, 2.24) is 10.3 Å². The number of ether oxygens (including phenoxy) is 1. The molecule has 0 aliphatic carbocycles. The largest absolute Gasteiger partial charge is 0.493 e. The van der Waals surface area contributed by atoms with E-state index in [1.165, 1.54) is 5.56 Å². The maximum Gasteiger partial charge on any atom is 0.291 e. The summed E-state index contributed by atoms with van der Waals surface area (Å²) in [4.78, 5) is 27.1. The number of carbonyl (C=O) groups is 2. The van der Waals surface area contributed by atoms with E-state index in [-0.39, 0.29) is 10.4 Å². The van der Waals surface area contributed by atoms with Crippen molar-refractivity contribution in [3.8, 4) is 5.75 Å². The van der Waals surface area contributed by atoms with Crippen LogP contribution in [0.5, 0.6) is 5.75 Å². The Hall–Kier alpha value is -2.60. The summed E-state index contributed by atoms with van der Waals surface area (Å²) in [5.41, 5.74) is 3.37. The second-order valence-corrected chi connectivity index (χ2v) is 6.48. The van der Waals surface area contributed by atoms with Crippen LogP contribution in [0.3, 0.4) is 0 Å². The lowest BCUT2D eigenvalue weighted by molar-refractivity contribution is -0.107. The van der Waals surface area contributed by atoms with Gasteiger partial charge in [-0.2, -0.15) is 0 Å². The zero-order valence-corrected chi connectivity index (χ0v) is 14.6. The lowest BCUT2D eigenvalue weighted by Gasteiger charge is -2.07. The van der Waals surface area contributed by atoms with E-state index in [0.717, 1.165) is 29.8 Å². The molecule has 3 rings (SSSR count). The van der Waals surface area contributed by atoms with Gasteiger partial charge in [0.05, 0.1) is 12.3 Å². The zero-order valence-electron chi connectivity index (χ0n) is 13.8. The average Bonchev–Trinajstić information content (AvgIpc) is 2.94. The maximum absolute atomic E-state index is 11.6. The number of pyridine rings is 1. The van der Waals surface area contributed by atoms with Crippen molar-refractivity contribution in [2.24, 2.45) is 0 Å². The number of hydrogen-bond donors (Lipinski definition) is 1. The average molecular weight is 354 g/mol. The van der Waals surface area contributed by atoms with Gasteiger partial charge in [-0.15, -0.1) is 0 Å². The quantitative estimate of drug-likeness (QED) is 0.803. The van der Waals surface area contributed by atoms with Gasteiger partial charge in [0.25, 0.3) is 5.24 Å². The highest BCUT2D eigenvalue weighted by Crippen LogP contribution is 2.21. The number of aromatic nitrogens is 1. The minimum absolute atomic E-state index is 0.257. The topological polar surface area (TPSA) is 68.3 Å². The van der Waals surface area contributed by atoms with Crippen LogP contribution in [0.4, 0.5) is 4.79 Å². The van der Waals surface area contributed by atoms with Crippen LogP contribution in [0.15, 0.2) is 48.3 Å². The van der Waals surface area contributed by atoms with Gasteiger partial charge < -0.3 is 10.1 Å². The van der Waals surface area contributed by atoms with Crippen LogP contribution < -0.4 is 10.1 Å². The van der Waals surface area contributed by atoms with Crippen molar-refractivity contribution in [3.63, 3.8) is 0 Å². The number of amides is 1. The number of aryl methyl sites for hydroxylation is 1. The first kappa shape index (κ1) is 17.2. The molecule has 6 heteroatoms. The third-order valence-electron chi connectivity index (χ3n) is 3.75. The Labute approximate surface area is 150 Å². The Balaban J connectivity index is 1.53. The molecule has 1 aliphatic rings. The van der Waals surface area contributed by atoms with Crippen LogP contribution in [0.25, 0.3) is 6.08 Å². The van der Waals surface area contributed by atoms with Gasteiger partial charge in [-0.25, -0.2) is 0 Å². The van der Waals surface area contributed by atoms with Crippen LogP contribution in [-0.2, 0) is 17.6 Å². The number of nitrogens with one attached hydrogen (secondary N) is 1. The highest BCUT2D eigenvalue weighted by Gasteiger charge is 2.25. The zero-order chi connectivity index (χ0) is 17.6. The first-order valence-electron chi connectivity index (χ1n) is 8.05. The van der Waals surface area contributed by atoms with Gasteiger partial charge in [0, 0.05) is 30.1 Å². The van der Waals surface area contributed by atoms with Crippen molar-refractivity contribution < 1.29 is 14.3 Å². The lowest BCUT2D eigenvalue weighted by Crippen LogP contribution is -2.10. The van der Waals surface area contributed by atoms with E-state index in [9.17, 15) is 9.59 Å². The molecule has 1 amide bonds. The third-order valence-corrected chi connectivity index (χ3v) is 4.45. The molecule has 1 aliphatic heterocycles. The highest BCUT2D eigenvalue weighted by atomic mass is 32.2. The van der Waals surface area contributed by atoms with Gasteiger partial charge in [0.15, 0.2) is 0 Å². The standard InChI is InChI=1S/C19H18N2O3S/c1-2-13-3-6-15(20-12-13)9-10-24-16-7-4-14(5-8-16)11-17-18(22)25-19(23)21-17/h3-8,11-12H,2,9-10H2,1H3,(H,21,23). The Kier molecular flexibility index (Phi) is 5.50. The van der Waals surface area contributed by atoms with E-state index >= 15 is 0 Å². The molecule has 1 N–H and O–H groups in total. The van der Waals surface area contributed by atoms with Gasteiger partial charge in [-0.1, -0.05) is 25.1 Å². The number of nitrogens with zero attached hydrogens (tertiary/aromatic N) is 1. The van der Waals surface area contributed by atoms with Gasteiger partial charge in [0.2, 0.25) is 5.12 Å². The van der Waals surface area contributed by atoms with Crippen molar-refractivity contribution >= 4 is 28.2 Å². The second-order valence-electron chi connectivity index (χ2n) is 5.54. The molecule has 1 aromatic heterocycles. The number of thioether (sulfide) groups is 1. The summed E-state index contributed by atoms with van der Waals surface area (Å²) >= 11 is 0.674. The fourth-order valence-electron chi connectivity index (χ4n) is 2.33. The lowest BCUT2D eigenvalue weighted by atomic mass is 10.2. The fraction of sp³-hybridized carbons (Fsp3) is 0.211. The summed E-state index contributed by atoms with van der Waals surface area (Å²) in [6, 6.07) is 11.5. The molecular formula is C19H18N2O3S. The van der Waals surface area contributed by atoms with E-state index in [1.807, 2.05) is 36.5 Å². The number of rotatable bonds is 6. The summed E-state index contributed by atoms with van der Waals surface area (Å²) in [6.07, 6.45) is 5.29. The number of carbonyl (C=O) groups excluding carboxylic acids is 2. The molecule has 1 aromatic carbocycles. The Morgan fingerprint density at radius 1 is 1.16 bits per heavy atom. The molecular weight excluding hydrogens is 336 g/mol. The molecule has 5 nitrogen and oxygen atoms in total. The van der Waals surface area contributed by atoms with Crippen molar-refractivity contribution in [2.75, 3.05) is 6.61 Å². The van der Waals surface area contributed by atoms with Gasteiger partial charge >= 0.3 is 0 Å². The smallest absolute Gasteiger partial charge is 0.291 e. The third kappa shape index (κ3) is 4.70. The van der Waals surface area contributed by atoms with Crippen molar-refractivity contribution in [1.29, 1.82) is 0 Å². The van der Waals surface area contributed by atoms with Crippen LogP contribution >= 0.6 is 11.8 Å². The molecule has 1 saturated heterocycles. The van der Waals surface area contributed by atoms with Crippen LogP contribution in [0.1, 0.15) is 23.7 Å². The summed E-state index contributed by atoms with van der Waals surface area (Å²) in [5.74, 6) is 0.753. The monoisotopic (exact) mass is 354 g/mol. The van der Waals surface area contributed by atoms with E-state index in [4.69, 9.17) is 4.74 Å². The van der Waals surface area contributed by atoms with Gasteiger partial charge in [0.1, 0.15) is 5.75 Å². The van der Waals surface area contributed by atoms with E-state index < -0.39 is 0 Å². The number of hydrogen-bond acceptors (Lipinski definition) is 5. The maximum atomic E-state index is 11.6. The highest BCUT2D eigenvalue weighted by molar-refractivity contribution is 8.27. The van der Waals surface area contributed by atoms with Crippen molar-refractivity contribution in [2.45, 2.75) is 19.8 Å². The molecule has 2 aromatic rings. The summed E-state index contributed by atoms with van der Waals surface area (Å²) < 4.78 is 5.73. The molecule has 0 unspecified atom stereocenters. The first-order chi connectivity index (χ1) is 12.1. The molecule has 128 valence electrons. The van der Waals surface area contributed by atoms with Gasteiger partial charge in [-0.3, -0.25) is 14.6 Å². The minimum Gasteiger partial charge on any atom is -0.493 e. The Morgan fingerprint density at radius 2 is 1.96 bits per heavy atom.